The van der Waals surface area contributed by atoms with Crippen molar-refractivity contribution in [3.8, 4) is 5.75 Å². The third-order valence-corrected chi connectivity index (χ3v) is 2.85. The summed E-state index contributed by atoms with van der Waals surface area (Å²) in [6.07, 6.45) is 1.88. The Hall–Kier alpha value is -1.81. The van der Waals surface area contributed by atoms with Crippen molar-refractivity contribution in [2.45, 2.75) is 32.4 Å². The Morgan fingerprint density at radius 2 is 2.21 bits per heavy atom. The first-order chi connectivity index (χ1) is 9.10. The van der Waals surface area contributed by atoms with Crippen LogP contribution in [0.3, 0.4) is 0 Å². The first-order valence-corrected chi connectivity index (χ1v) is 6.49. The van der Waals surface area contributed by atoms with Crippen molar-refractivity contribution in [3.63, 3.8) is 0 Å². The molecule has 104 valence electrons. The zero-order valence-corrected chi connectivity index (χ0v) is 11.6. The van der Waals surface area contributed by atoms with Gasteiger partial charge in [0.2, 0.25) is 0 Å². The average molecular weight is 262 g/mol. The van der Waals surface area contributed by atoms with Gasteiger partial charge in [-0.3, -0.25) is 4.79 Å². The van der Waals surface area contributed by atoms with Crippen molar-refractivity contribution in [1.82, 2.24) is 5.32 Å². The number of carbonyl (C=O) groups is 1. The molecule has 1 amide bonds. The van der Waals surface area contributed by atoms with Gasteiger partial charge in [-0.2, -0.15) is 0 Å². The monoisotopic (exact) mass is 262 g/mol. The first-order valence-electron chi connectivity index (χ1n) is 6.49. The number of nitrogens with two attached hydrogens (primary N) is 1. The zero-order chi connectivity index (χ0) is 14.3. The lowest BCUT2D eigenvalue weighted by atomic mass is 10.0. The van der Waals surface area contributed by atoms with Crippen molar-refractivity contribution in [2.75, 3.05) is 6.54 Å². The molecule has 0 heterocycles. The van der Waals surface area contributed by atoms with Gasteiger partial charge in [0.15, 0.2) is 6.10 Å². The van der Waals surface area contributed by atoms with Crippen LogP contribution in [0.2, 0.25) is 0 Å². The summed E-state index contributed by atoms with van der Waals surface area (Å²) >= 11 is 0. The Kier molecular flexibility index (Phi) is 6.09. The van der Waals surface area contributed by atoms with Gasteiger partial charge in [-0.15, -0.1) is 6.58 Å². The number of benzene rings is 1. The molecule has 0 fully saturated rings. The van der Waals surface area contributed by atoms with Crippen LogP contribution in [0.1, 0.15) is 31.9 Å². The lowest BCUT2D eigenvalue weighted by molar-refractivity contribution is -0.127. The molecule has 2 atom stereocenters. The molecule has 1 aromatic rings. The van der Waals surface area contributed by atoms with Gasteiger partial charge in [0, 0.05) is 18.2 Å². The van der Waals surface area contributed by atoms with E-state index in [1.54, 1.807) is 13.0 Å². The van der Waals surface area contributed by atoms with Gasteiger partial charge in [0.1, 0.15) is 5.75 Å². The van der Waals surface area contributed by atoms with Crippen LogP contribution in [0.15, 0.2) is 36.9 Å². The largest absolute Gasteiger partial charge is 0.481 e. The minimum absolute atomic E-state index is 0.0837. The molecule has 0 saturated carbocycles. The van der Waals surface area contributed by atoms with E-state index < -0.39 is 6.10 Å². The number of amides is 1. The molecule has 0 spiro atoms. The SMILES string of the molecule is C=CCNC(=O)C(C)Oc1ccccc1[C@H](N)CC. The van der Waals surface area contributed by atoms with E-state index in [4.69, 9.17) is 10.5 Å². The number of ether oxygens (including phenoxy) is 1. The molecule has 0 saturated heterocycles. The third kappa shape index (κ3) is 4.41. The molecular weight excluding hydrogens is 240 g/mol. The van der Waals surface area contributed by atoms with Gasteiger partial charge < -0.3 is 15.8 Å². The molecule has 4 nitrogen and oxygen atoms in total. The van der Waals surface area contributed by atoms with Crippen molar-refractivity contribution < 1.29 is 9.53 Å². The third-order valence-electron chi connectivity index (χ3n) is 2.85. The number of rotatable bonds is 7. The molecule has 4 heteroatoms. The molecule has 1 rings (SSSR count). The minimum atomic E-state index is -0.565. The normalized spacial score (nSPS) is 13.4. The summed E-state index contributed by atoms with van der Waals surface area (Å²) < 4.78 is 5.70. The second kappa shape index (κ2) is 7.59. The second-order valence-electron chi connectivity index (χ2n) is 4.35. The second-order valence-corrected chi connectivity index (χ2v) is 4.35. The zero-order valence-electron chi connectivity index (χ0n) is 11.6. The summed E-state index contributed by atoms with van der Waals surface area (Å²) in [6, 6.07) is 7.47. The molecule has 1 aromatic carbocycles. The van der Waals surface area contributed by atoms with Gasteiger partial charge in [-0.1, -0.05) is 31.2 Å². The van der Waals surface area contributed by atoms with E-state index in [2.05, 4.69) is 11.9 Å². The molecular formula is C15H22N2O2. The van der Waals surface area contributed by atoms with E-state index in [1.165, 1.54) is 0 Å². The smallest absolute Gasteiger partial charge is 0.261 e. The number of nitrogens with one attached hydrogen (secondary N) is 1. The lowest BCUT2D eigenvalue weighted by Gasteiger charge is -2.19. The fraction of sp³-hybridized carbons (Fsp3) is 0.400. The van der Waals surface area contributed by atoms with Crippen molar-refractivity contribution >= 4 is 5.91 Å². The molecule has 0 aliphatic carbocycles. The van der Waals surface area contributed by atoms with Crippen LogP contribution < -0.4 is 15.8 Å². The van der Waals surface area contributed by atoms with E-state index in [0.29, 0.717) is 12.3 Å². The summed E-state index contributed by atoms with van der Waals surface area (Å²) in [5.74, 6) is 0.498. The maximum Gasteiger partial charge on any atom is 0.261 e. The summed E-state index contributed by atoms with van der Waals surface area (Å²) in [4.78, 5) is 11.7. The molecule has 0 aliphatic heterocycles. The van der Waals surface area contributed by atoms with E-state index in [1.807, 2.05) is 31.2 Å². The average Bonchev–Trinajstić information content (AvgIpc) is 2.44. The fourth-order valence-electron chi connectivity index (χ4n) is 1.67. The summed E-state index contributed by atoms with van der Waals surface area (Å²) in [5, 5.41) is 2.70. The maximum atomic E-state index is 11.7. The van der Waals surface area contributed by atoms with Gasteiger partial charge in [0.05, 0.1) is 0 Å². The van der Waals surface area contributed by atoms with Crippen LogP contribution in [-0.2, 0) is 4.79 Å². The van der Waals surface area contributed by atoms with Crippen molar-refractivity contribution in [2.24, 2.45) is 5.73 Å². The highest BCUT2D eigenvalue weighted by Gasteiger charge is 2.17. The van der Waals surface area contributed by atoms with Crippen molar-refractivity contribution in [1.29, 1.82) is 0 Å². The van der Waals surface area contributed by atoms with Crippen LogP contribution in [-0.4, -0.2) is 18.6 Å². The van der Waals surface area contributed by atoms with Crippen LogP contribution >= 0.6 is 0 Å². The Balaban J connectivity index is 2.76. The topological polar surface area (TPSA) is 64.3 Å². The predicted molar refractivity (Wildman–Crippen MR) is 77.0 cm³/mol. The quantitative estimate of drug-likeness (QED) is 0.740. The highest BCUT2D eigenvalue weighted by Crippen LogP contribution is 2.26. The molecule has 0 radical (unpaired) electrons. The number of hydrogen-bond acceptors (Lipinski definition) is 3. The highest BCUT2D eigenvalue weighted by atomic mass is 16.5. The van der Waals surface area contributed by atoms with E-state index in [9.17, 15) is 4.79 Å². The maximum absolute atomic E-state index is 11.7. The standard InChI is InChI=1S/C15H22N2O2/c1-4-10-17-15(18)11(3)19-14-9-7-6-8-12(14)13(16)5-2/h4,6-9,11,13H,1,5,10,16H2,2-3H3,(H,17,18)/t11?,13-/m1/s1. The molecule has 1 unspecified atom stereocenters. The fourth-order valence-corrected chi connectivity index (χ4v) is 1.67. The van der Waals surface area contributed by atoms with Crippen LogP contribution in [0, 0.1) is 0 Å². The lowest BCUT2D eigenvalue weighted by Crippen LogP contribution is -2.36. The van der Waals surface area contributed by atoms with Gasteiger partial charge >= 0.3 is 0 Å². The Bertz CT molecular complexity index is 432. The van der Waals surface area contributed by atoms with E-state index in [0.717, 1.165) is 12.0 Å². The van der Waals surface area contributed by atoms with Crippen LogP contribution in [0.5, 0.6) is 5.75 Å². The van der Waals surface area contributed by atoms with Gasteiger partial charge in [-0.25, -0.2) is 0 Å². The van der Waals surface area contributed by atoms with E-state index >= 15 is 0 Å². The first kappa shape index (κ1) is 15.2. The number of carbonyl (C=O) groups excluding carboxylic acids is 1. The molecule has 19 heavy (non-hydrogen) atoms. The molecule has 3 N–H and O–H groups in total. The predicted octanol–water partition coefficient (Wildman–Crippen LogP) is 2.17. The molecule has 0 aromatic heterocycles. The number of para-hydroxylation sites is 1. The molecule has 0 bridgehead atoms. The highest BCUT2D eigenvalue weighted by molar-refractivity contribution is 5.80. The number of hydrogen-bond donors (Lipinski definition) is 2. The minimum Gasteiger partial charge on any atom is -0.481 e. The van der Waals surface area contributed by atoms with Gasteiger partial charge in [-0.05, 0) is 19.4 Å². The van der Waals surface area contributed by atoms with Gasteiger partial charge in [0.25, 0.3) is 5.91 Å². The van der Waals surface area contributed by atoms with E-state index in [-0.39, 0.29) is 11.9 Å². The van der Waals surface area contributed by atoms with Crippen LogP contribution in [0.25, 0.3) is 0 Å². The summed E-state index contributed by atoms with van der Waals surface area (Å²) in [5.41, 5.74) is 6.96. The Morgan fingerprint density at radius 1 is 1.53 bits per heavy atom. The Labute approximate surface area is 114 Å². The Morgan fingerprint density at radius 3 is 2.84 bits per heavy atom. The summed E-state index contributed by atoms with van der Waals surface area (Å²) in [6.45, 7) is 7.72. The van der Waals surface area contributed by atoms with Crippen LogP contribution in [0.4, 0.5) is 0 Å². The summed E-state index contributed by atoms with van der Waals surface area (Å²) in [7, 11) is 0. The van der Waals surface area contributed by atoms with Crippen molar-refractivity contribution in [3.05, 3.63) is 42.5 Å². The molecule has 0 aliphatic rings.